The molecule has 0 aromatic carbocycles. The number of thiophene rings is 1. The minimum Gasteiger partial charge on any atom is -0.294 e. The van der Waals surface area contributed by atoms with Crippen LogP contribution in [-0.4, -0.2) is 43.9 Å². The number of hydrogen-bond donors (Lipinski definition) is 1. The fourth-order valence-electron chi connectivity index (χ4n) is 3.83. The van der Waals surface area contributed by atoms with Gasteiger partial charge in [0.1, 0.15) is 0 Å². The van der Waals surface area contributed by atoms with Gasteiger partial charge in [0.25, 0.3) is 0 Å². The lowest BCUT2D eigenvalue weighted by Crippen LogP contribution is -2.31. The standard InChI is InChI=1S/C20H22N6S/c1-2-7-21-17(4-1)20-22-10-14-12-26(8-6-16(14)24-20)13-15-11-23-25-19(15)18-5-3-9-27-18/h3,5,9-11H,1-2,4,6-8,12-13H2,(H,23,25). The van der Waals surface area contributed by atoms with Crippen molar-refractivity contribution in [2.24, 2.45) is 4.99 Å². The Bertz CT molecular complexity index is 959. The van der Waals surface area contributed by atoms with E-state index < -0.39 is 0 Å². The lowest BCUT2D eigenvalue weighted by Gasteiger charge is -2.28. The van der Waals surface area contributed by atoms with Crippen LogP contribution in [0, 0.1) is 0 Å². The first kappa shape index (κ1) is 16.8. The second kappa shape index (κ2) is 7.32. The Morgan fingerprint density at radius 2 is 2.19 bits per heavy atom. The van der Waals surface area contributed by atoms with Gasteiger partial charge >= 0.3 is 0 Å². The van der Waals surface area contributed by atoms with Crippen LogP contribution in [0.3, 0.4) is 0 Å². The fourth-order valence-corrected chi connectivity index (χ4v) is 4.59. The van der Waals surface area contributed by atoms with Crippen molar-refractivity contribution in [1.82, 2.24) is 25.1 Å². The average molecular weight is 379 g/mol. The highest BCUT2D eigenvalue weighted by atomic mass is 32.1. The molecule has 0 unspecified atom stereocenters. The van der Waals surface area contributed by atoms with Crippen LogP contribution < -0.4 is 0 Å². The molecule has 0 amide bonds. The number of nitrogens with one attached hydrogen (secondary N) is 1. The van der Waals surface area contributed by atoms with Gasteiger partial charge in [-0.1, -0.05) is 6.07 Å². The highest BCUT2D eigenvalue weighted by Crippen LogP contribution is 2.28. The van der Waals surface area contributed by atoms with E-state index in [-0.39, 0.29) is 0 Å². The smallest absolute Gasteiger partial charge is 0.173 e. The number of aromatic amines is 1. The van der Waals surface area contributed by atoms with Crippen molar-refractivity contribution >= 4 is 17.0 Å². The molecule has 6 nitrogen and oxygen atoms in total. The summed E-state index contributed by atoms with van der Waals surface area (Å²) in [4.78, 5) is 17.8. The summed E-state index contributed by atoms with van der Waals surface area (Å²) in [6.45, 7) is 3.70. The Hall–Kier alpha value is -2.38. The maximum absolute atomic E-state index is 4.84. The highest BCUT2D eigenvalue weighted by Gasteiger charge is 2.21. The van der Waals surface area contributed by atoms with Gasteiger partial charge in [-0.25, -0.2) is 9.97 Å². The minimum atomic E-state index is 0.844. The molecule has 0 fully saturated rings. The highest BCUT2D eigenvalue weighted by molar-refractivity contribution is 7.13. The molecular weight excluding hydrogens is 356 g/mol. The Morgan fingerprint density at radius 1 is 1.19 bits per heavy atom. The van der Waals surface area contributed by atoms with Crippen molar-refractivity contribution in [2.75, 3.05) is 13.1 Å². The van der Waals surface area contributed by atoms with Crippen molar-refractivity contribution in [1.29, 1.82) is 0 Å². The number of rotatable bonds is 4. The number of hydrogen-bond acceptors (Lipinski definition) is 6. The Labute approximate surface area is 162 Å². The Balaban J connectivity index is 1.32. The molecule has 3 aromatic heterocycles. The first-order valence-electron chi connectivity index (χ1n) is 9.54. The van der Waals surface area contributed by atoms with E-state index in [1.807, 2.05) is 12.4 Å². The molecule has 138 valence electrons. The summed E-state index contributed by atoms with van der Waals surface area (Å²) in [6, 6.07) is 4.21. The molecule has 3 aromatic rings. The molecule has 1 N–H and O–H groups in total. The SMILES string of the molecule is c1csc(-c2[nH]ncc2CN2CCc3nc(C4=NCCCC4)ncc3C2)c1. The van der Waals surface area contributed by atoms with Gasteiger partial charge in [0, 0.05) is 49.9 Å². The molecule has 0 saturated heterocycles. The third-order valence-electron chi connectivity index (χ3n) is 5.27. The van der Waals surface area contributed by atoms with Gasteiger partial charge in [-0.15, -0.1) is 11.3 Å². The van der Waals surface area contributed by atoms with E-state index >= 15 is 0 Å². The predicted molar refractivity (Wildman–Crippen MR) is 107 cm³/mol. The van der Waals surface area contributed by atoms with Crippen LogP contribution in [-0.2, 0) is 19.5 Å². The predicted octanol–water partition coefficient (Wildman–Crippen LogP) is 3.46. The van der Waals surface area contributed by atoms with Crippen molar-refractivity contribution in [3.63, 3.8) is 0 Å². The van der Waals surface area contributed by atoms with E-state index in [1.54, 1.807) is 11.3 Å². The van der Waals surface area contributed by atoms with Crippen molar-refractivity contribution in [3.8, 4) is 10.6 Å². The fraction of sp³-hybridized carbons (Fsp3) is 0.400. The topological polar surface area (TPSA) is 70.1 Å². The molecule has 0 saturated carbocycles. The molecule has 5 heterocycles. The van der Waals surface area contributed by atoms with E-state index in [9.17, 15) is 0 Å². The number of fused-ring (bicyclic) bond motifs is 1. The third kappa shape index (κ3) is 3.44. The Kier molecular flexibility index (Phi) is 4.55. The largest absolute Gasteiger partial charge is 0.294 e. The summed E-state index contributed by atoms with van der Waals surface area (Å²) in [5, 5.41) is 9.52. The summed E-state index contributed by atoms with van der Waals surface area (Å²) in [6.07, 6.45) is 8.32. The van der Waals surface area contributed by atoms with Gasteiger partial charge in [0.2, 0.25) is 0 Å². The maximum atomic E-state index is 4.84. The van der Waals surface area contributed by atoms with Gasteiger partial charge in [0.15, 0.2) is 5.82 Å². The van der Waals surface area contributed by atoms with Gasteiger partial charge in [0.05, 0.1) is 28.2 Å². The van der Waals surface area contributed by atoms with E-state index in [1.165, 1.54) is 34.5 Å². The molecule has 0 spiro atoms. The molecule has 7 heteroatoms. The van der Waals surface area contributed by atoms with Crippen molar-refractivity contribution in [3.05, 3.63) is 52.6 Å². The maximum Gasteiger partial charge on any atom is 0.173 e. The van der Waals surface area contributed by atoms with Crippen LogP contribution >= 0.6 is 11.3 Å². The molecule has 2 aliphatic rings. The molecule has 2 aliphatic heterocycles. The lowest BCUT2D eigenvalue weighted by molar-refractivity contribution is 0.243. The number of nitrogens with zero attached hydrogens (tertiary/aromatic N) is 5. The number of H-pyrrole nitrogens is 1. The van der Waals surface area contributed by atoms with Crippen LogP contribution in [0.1, 0.15) is 41.9 Å². The van der Waals surface area contributed by atoms with Gasteiger partial charge in [-0.05, 0) is 30.7 Å². The first-order chi connectivity index (χ1) is 13.4. The van der Waals surface area contributed by atoms with Gasteiger partial charge in [-0.3, -0.25) is 15.0 Å². The van der Waals surface area contributed by atoms with E-state index in [0.29, 0.717) is 0 Å². The zero-order valence-corrected chi connectivity index (χ0v) is 16.0. The van der Waals surface area contributed by atoms with Crippen molar-refractivity contribution in [2.45, 2.75) is 38.8 Å². The van der Waals surface area contributed by atoms with Gasteiger partial charge in [-0.2, -0.15) is 5.10 Å². The molecule has 0 atom stereocenters. The summed E-state index contributed by atoms with van der Waals surface area (Å²) in [7, 11) is 0. The van der Waals surface area contributed by atoms with Crippen LogP contribution in [0.2, 0.25) is 0 Å². The molecule has 0 aliphatic carbocycles. The summed E-state index contributed by atoms with van der Waals surface area (Å²) in [5.41, 5.74) is 5.90. The van der Waals surface area contributed by atoms with E-state index in [2.05, 4.69) is 42.6 Å². The lowest BCUT2D eigenvalue weighted by atomic mass is 10.0. The number of aromatic nitrogens is 4. The zero-order chi connectivity index (χ0) is 18.1. The molecule has 27 heavy (non-hydrogen) atoms. The average Bonchev–Trinajstić information content (AvgIpc) is 3.40. The van der Waals surface area contributed by atoms with Crippen LogP contribution in [0.4, 0.5) is 0 Å². The molecule has 5 rings (SSSR count). The monoisotopic (exact) mass is 378 g/mol. The quantitative estimate of drug-likeness (QED) is 0.755. The second-order valence-electron chi connectivity index (χ2n) is 7.16. The Morgan fingerprint density at radius 3 is 3.04 bits per heavy atom. The molecule has 0 radical (unpaired) electrons. The normalized spacial score (nSPS) is 17.6. The van der Waals surface area contributed by atoms with Gasteiger partial charge < -0.3 is 0 Å². The first-order valence-corrected chi connectivity index (χ1v) is 10.4. The second-order valence-corrected chi connectivity index (χ2v) is 8.11. The summed E-state index contributed by atoms with van der Waals surface area (Å²) in [5.74, 6) is 0.844. The van der Waals surface area contributed by atoms with Crippen LogP contribution in [0.25, 0.3) is 10.6 Å². The van der Waals surface area contributed by atoms with Crippen LogP contribution in [0.5, 0.6) is 0 Å². The van der Waals surface area contributed by atoms with E-state index in [4.69, 9.17) is 4.98 Å². The van der Waals surface area contributed by atoms with E-state index in [0.717, 1.165) is 56.3 Å². The summed E-state index contributed by atoms with van der Waals surface area (Å²) >= 11 is 1.74. The third-order valence-corrected chi connectivity index (χ3v) is 6.16. The molecular formula is C20H22N6S. The van der Waals surface area contributed by atoms with Crippen molar-refractivity contribution < 1.29 is 0 Å². The number of aliphatic imine (C=N–C) groups is 1. The minimum absolute atomic E-state index is 0.844. The molecule has 0 bridgehead atoms. The summed E-state index contributed by atoms with van der Waals surface area (Å²) < 4.78 is 0. The van der Waals surface area contributed by atoms with Crippen LogP contribution in [0.15, 0.2) is 34.9 Å². The zero-order valence-electron chi connectivity index (χ0n) is 15.2.